The van der Waals surface area contributed by atoms with E-state index < -0.39 is 10.0 Å². The maximum absolute atomic E-state index is 13.0. The van der Waals surface area contributed by atoms with Crippen LogP contribution in [0.2, 0.25) is 5.15 Å². The molecule has 0 atom stereocenters. The molecule has 10 heteroatoms. The molecule has 2 N–H and O–H groups in total. The van der Waals surface area contributed by atoms with Crippen molar-refractivity contribution in [2.75, 3.05) is 10.0 Å². The Balaban J connectivity index is 1.60. The lowest BCUT2D eigenvalue weighted by Crippen LogP contribution is -2.20. The number of sulfonamides is 1. The van der Waals surface area contributed by atoms with Gasteiger partial charge in [0.15, 0.2) is 5.13 Å². The minimum absolute atomic E-state index is 0.00995. The molecule has 2 aromatic heterocycles. The molecule has 2 heterocycles. The van der Waals surface area contributed by atoms with Gasteiger partial charge < -0.3 is 5.32 Å². The van der Waals surface area contributed by atoms with E-state index in [2.05, 4.69) is 20.0 Å². The molecule has 0 unspecified atom stereocenters. The number of aromatic nitrogens is 2. The van der Waals surface area contributed by atoms with E-state index in [-0.39, 0.29) is 21.9 Å². The van der Waals surface area contributed by atoms with Crippen LogP contribution in [-0.2, 0) is 14.8 Å². The molecule has 3 aromatic rings. The van der Waals surface area contributed by atoms with E-state index in [1.807, 2.05) is 13.0 Å². The van der Waals surface area contributed by atoms with Gasteiger partial charge in [0.1, 0.15) is 5.15 Å². The lowest BCUT2D eigenvalue weighted by Gasteiger charge is -2.12. The highest BCUT2D eigenvalue weighted by Crippen LogP contribution is 2.36. The van der Waals surface area contributed by atoms with E-state index in [0.29, 0.717) is 16.4 Å². The topological polar surface area (TPSA) is 101 Å². The maximum Gasteiger partial charge on any atom is 0.262 e. The number of aryl methyl sites for hydroxylation is 2. The van der Waals surface area contributed by atoms with Crippen molar-refractivity contribution in [1.29, 1.82) is 0 Å². The van der Waals surface area contributed by atoms with E-state index in [1.54, 1.807) is 25.1 Å². The van der Waals surface area contributed by atoms with E-state index >= 15 is 0 Å². The molecule has 1 aliphatic carbocycles. The third-order valence-electron chi connectivity index (χ3n) is 5.47. The molecule has 0 bridgehead atoms. The number of halogens is 1. The standard InChI is InChI=1S/C22H23ClN4O3S2/c1-13-7-8-16(11-18(13)32(29,30)27-17-9-10-19(23)24-12-17)20-14(2)25-22(31-20)26-21(28)15-5-3-4-6-15/h7-12,15,27H,3-6H2,1-2H3,(H,25,26,28). The van der Waals surface area contributed by atoms with Crippen LogP contribution in [0.15, 0.2) is 41.4 Å². The fourth-order valence-electron chi connectivity index (χ4n) is 3.79. The second-order valence-electron chi connectivity index (χ2n) is 7.86. The van der Waals surface area contributed by atoms with Crippen molar-refractivity contribution in [3.63, 3.8) is 0 Å². The van der Waals surface area contributed by atoms with Gasteiger partial charge in [0.05, 0.1) is 27.4 Å². The monoisotopic (exact) mass is 490 g/mol. The predicted octanol–water partition coefficient (Wildman–Crippen LogP) is 5.40. The Bertz CT molecular complexity index is 1250. The van der Waals surface area contributed by atoms with Crippen LogP contribution in [-0.4, -0.2) is 24.3 Å². The number of benzene rings is 1. The fraction of sp³-hybridized carbons (Fsp3) is 0.318. The molecule has 0 spiro atoms. The molecule has 168 valence electrons. The third kappa shape index (κ3) is 4.95. The molecule has 1 fully saturated rings. The van der Waals surface area contributed by atoms with Crippen molar-refractivity contribution < 1.29 is 13.2 Å². The number of carbonyl (C=O) groups is 1. The van der Waals surface area contributed by atoms with E-state index in [0.717, 1.165) is 41.8 Å². The largest absolute Gasteiger partial charge is 0.302 e. The SMILES string of the molecule is Cc1ccc(-c2sc(NC(=O)C3CCCC3)nc2C)cc1S(=O)(=O)Nc1ccc(Cl)nc1. The van der Waals surface area contributed by atoms with Gasteiger partial charge in [-0.25, -0.2) is 18.4 Å². The number of hydrogen-bond donors (Lipinski definition) is 2. The van der Waals surface area contributed by atoms with Gasteiger partial charge in [0, 0.05) is 5.92 Å². The average Bonchev–Trinajstić information content (AvgIpc) is 3.40. The summed E-state index contributed by atoms with van der Waals surface area (Å²) in [5.74, 6) is 0.0583. The zero-order chi connectivity index (χ0) is 22.9. The Labute approximate surface area is 196 Å². The van der Waals surface area contributed by atoms with Crippen molar-refractivity contribution in [3.05, 3.63) is 52.9 Å². The van der Waals surface area contributed by atoms with Crippen LogP contribution >= 0.6 is 22.9 Å². The Morgan fingerprint density at radius 2 is 1.91 bits per heavy atom. The highest BCUT2D eigenvalue weighted by Gasteiger charge is 2.24. The quantitative estimate of drug-likeness (QED) is 0.450. The smallest absolute Gasteiger partial charge is 0.262 e. The van der Waals surface area contributed by atoms with Crippen LogP contribution in [0.3, 0.4) is 0 Å². The molecule has 0 radical (unpaired) electrons. The van der Waals surface area contributed by atoms with Crippen molar-refractivity contribution in [1.82, 2.24) is 9.97 Å². The summed E-state index contributed by atoms with van der Waals surface area (Å²) in [6, 6.07) is 8.33. The van der Waals surface area contributed by atoms with Crippen LogP contribution < -0.4 is 10.0 Å². The molecule has 1 aromatic carbocycles. The first-order valence-corrected chi connectivity index (χ1v) is 12.9. The Kier molecular flexibility index (Phi) is 6.50. The summed E-state index contributed by atoms with van der Waals surface area (Å²) >= 11 is 7.13. The third-order valence-corrected chi connectivity index (χ3v) is 8.34. The second-order valence-corrected chi connectivity index (χ2v) is 10.9. The van der Waals surface area contributed by atoms with E-state index in [9.17, 15) is 13.2 Å². The van der Waals surface area contributed by atoms with E-state index in [4.69, 9.17) is 11.6 Å². The summed E-state index contributed by atoms with van der Waals surface area (Å²) in [6.07, 6.45) is 5.37. The maximum atomic E-state index is 13.0. The minimum atomic E-state index is -3.84. The van der Waals surface area contributed by atoms with Crippen molar-refractivity contribution in [2.24, 2.45) is 5.92 Å². The molecule has 1 saturated carbocycles. The van der Waals surface area contributed by atoms with Gasteiger partial charge in [0.25, 0.3) is 10.0 Å². The van der Waals surface area contributed by atoms with E-state index in [1.165, 1.54) is 23.6 Å². The van der Waals surface area contributed by atoms with Crippen LogP contribution in [0.1, 0.15) is 36.9 Å². The van der Waals surface area contributed by atoms with Gasteiger partial charge in [-0.2, -0.15) is 0 Å². The predicted molar refractivity (Wildman–Crippen MR) is 128 cm³/mol. The fourth-order valence-corrected chi connectivity index (χ4v) is 6.18. The lowest BCUT2D eigenvalue weighted by molar-refractivity contribution is -0.119. The molecule has 32 heavy (non-hydrogen) atoms. The average molecular weight is 491 g/mol. The Hall–Kier alpha value is -2.49. The van der Waals surface area contributed by atoms with Crippen LogP contribution in [0, 0.1) is 19.8 Å². The zero-order valence-corrected chi connectivity index (χ0v) is 20.1. The summed E-state index contributed by atoms with van der Waals surface area (Å²) < 4.78 is 28.6. The number of nitrogens with one attached hydrogen (secondary N) is 2. The van der Waals surface area contributed by atoms with Crippen LogP contribution in [0.4, 0.5) is 10.8 Å². The summed E-state index contributed by atoms with van der Waals surface area (Å²) in [4.78, 5) is 21.8. The summed E-state index contributed by atoms with van der Waals surface area (Å²) in [7, 11) is -3.84. The minimum Gasteiger partial charge on any atom is -0.302 e. The lowest BCUT2D eigenvalue weighted by atomic mass is 10.1. The number of thiazole rings is 1. The zero-order valence-electron chi connectivity index (χ0n) is 17.7. The van der Waals surface area contributed by atoms with Gasteiger partial charge in [-0.1, -0.05) is 47.9 Å². The number of hydrogen-bond acceptors (Lipinski definition) is 6. The van der Waals surface area contributed by atoms with Crippen molar-refractivity contribution >= 4 is 49.7 Å². The number of anilines is 2. The molecular formula is C22H23ClN4O3S2. The number of carbonyl (C=O) groups excluding carboxylic acids is 1. The molecule has 0 saturated heterocycles. The van der Waals surface area contributed by atoms with Crippen LogP contribution in [0.25, 0.3) is 10.4 Å². The normalized spacial score (nSPS) is 14.5. The van der Waals surface area contributed by atoms with Gasteiger partial charge in [-0.05, 0) is 56.0 Å². The first-order valence-electron chi connectivity index (χ1n) is 10.3. The summed E-state index contributed by atoms with van der Waals surface area (Å²) in [5.41, 5.74) is 2.39. The highest BCUT2D eigenvalue weighted by atomic mass is 35.5. The van der Waals surface area contributed by atoms with Gasteiger partial charge in [0.2, 0.25) is 5.91 Å². The van der Waals surface area contributed by atoms with Crippen LogP contribution in [0.5, 0.6) is 0 Å². The molecule has 4 rings (SSSR count). The van der Waals surface area contributed by atoms with Gasteiger partial charge >= 0.3 is 0 Å². The highest BCUT2D eigenvalue weighted by molar-refractivity contribution is 7.92. The second kappa shape index (κ2) is 9.17. The van der Waals surface area contributed by atoms with Crippen molar-refractivity contribution in [3.8, 4) is 10.4 Å². The number of nitrogens with zero attached hydrogens (tertiary/aromatic N) is 2. The van der Waals surface area contributed by atoms with Crippen molar-refractivity contribution in [2.45, 2.75) is 44.4 Å². The Morgan fingerprint density at radius 1 is 1.16 bits per heavy atom. The molecule has 1 amide bonds. The number of rotatable bonds is 6. The number of pyridine rings is 1. The van der Waals surface area contributed by atoms with Gasteiger partial charge in [-0.3, -0.25) is 9.52 Å². The summed E-state index contributed by atoms with van der Waals surface area (Å²) in [5, 5.41) is 3.74. The number of amides is 1. The molecular weight excluding hydrogens is 468 g/mol. The van der Waals surface area contributed by atoms with Gasteiger partial charge in [-0.15, -0.1) is 0 Å². The Morgan fingerprint density at radius 3 is 2.59 bits per heavy atom. The first kappa shape index (κ1) is 22.7. The molecule has 0 aliphatic heterocycles. The molecule has 1 aliphatic rings. The summed E-state index contributed by atoms with van der Waals surface area (Å²) in [6.45, 7) is 3.59. The molecule has 7 nitrogen and oxygen atoms in total. The first-order chi connectivity index (χ1) is 15.2.